The number of nitrogens with one attached hydrogen (secondary N) is 1. The maximum atomic E-state index is 12.8. The van der Waals surface area contributed by atoms with Crippen molar-refractivity contribution in [2.24, 2.45) is 0 Å². The van der Waals surface area contributed by atoms with Crippen molar-refractivity contribution in [2.75, 3.05) is 4.72 Å². The molecule has 4 aromatic rings. The lowest BCUT2D eigenvalue weighted by Crippen LogP contribution is -2.12. The van der Waals surface area contributed by atoms with Crippen LogP contribution in [0.5, 0.6) is 0 Å². The van der Waals surface area contributed by atoms with E-state index in [1.807, 2.05) is 6.07 Å². The van der Waals surface area contributed by atoms with Crippen LogP contribution < -0.4 is 4.72 Å². The molecule has 0 bridgehead atoms. The van der Waals surface area contributed by atoms with Gasteiger partial charge < -0.3 is 8.94 Å². The Hall–Kier alpha value is -3.39. The molecule has 7 nitrogen and oxygen atoms in total. The summed E-state index contributed by atoms with van der Waals surface area (Å²) in [5.41, 5.74) is 1.96. The molecule has 2 aromatic heterocycles. The molecular formula is C21H17N3O4S. The summed E-state index contributed by atoms with van der Waals surface area (Å²) in [6.45, 7) is 0. The zero-order valence-electron chi connectivity index (χ0n) is 15.3. The second-order valence-electron chi connectivity index (χ2n) is 6.92. The van der Waals surface area contributed by atoms with Crippen LogP contribution in [-0.2, 0) is 10.0 Å². The van der Waals surface area contributed by atoms with Crippen molar-refractivity contribution in [2.45, 2.75) is 23.7 Å². The van der Waals surface area contributed by atoms with Crippen LogP contribution in [0.1, 0.15) is 24.7 Å². The Kier molecular flexibility index (Phi) is 4.21. The van der Waals surface area contributed by atoms with Crippen molar-refractivity contribution in [3.8, 4) is 22.6 Å². The molecule has 1 N–H and O–H groups in total. The third kappa shape index (κ3) is 3.66. The first-order chi connectivity index (χ1) is 14.1. The Morgan fingerprint density at radius 1 is 0.966 bits per heavy atom. The summed E-state index contributed by atoms with van der Waals surface area (Å²) in [4.78, 5) is 4.46. The van der Waals surface area contributed by atoms with E-state index < -0.39 is 10.0 Å². The standard InChI is InChI=1S/C21H17N3O4S/c25-29(26,24-17-3-1-2-16(12-17)19-10-11-23-28-19)18-8-6-14(7-9-18)20-13-22-21(27-20)15-4-5-15/h1-3,6-13,15,24H,4-5H2. The summed E-state index contributed by atoms with van der Waals surface area (Å²) in [5, 5.41) is 3.67. The fourth-order valence-electron chi connectivity index (χ4n) is 3.05. The highest BCUT2D eigenvalue weighted by Crippen LogP contribution is 2.40. The van der Waals surface area contributed by atoms with E-state index >= 15 is 0 Å². The molecule has 0 aliphatic heterocycles. The lowest BCUT2D eigenvalue weighted by Gasteiger charge is -2.09. The zero-order valence-corrected chi connectivity index (χ0v) is 16.1. The van der Waals surface area contributed by atoms with Crippen LogP contribution in [0.3, 0.4) is 0 Å². The molecule has 0 spiro atoms. The minimum atomic E-state index is -3.74. The average Bonchev–Trinajstić information content (AvgIpc) is 3.22. The molecule has 0 saturated heterocycles. The third-order valence-electron chi connectivity index (χ3n) is 4.74. The maximum absolute atomic E-state index is 12.8. The summed E-state index contributed by atoms with van der Waals surface area (Å²) in [5.74, 6) is 2.39. The predicted octanol–water partition coefficient (Wildman–Crippen LogP) is 4.67. The average molecular weight is 407 g/mol. The molecule has 0 atom stereocenters. The monoisotopic (exact) mass is 407 g/mol. The number of hydrogen-bond acceptors (Lipinski definition) is 6. The van der Waals surface area contributed by atoms with Crippen molar-refractivity contribution in [1.82, 2.24) is 10.1 Å². The number of aromatic nitrogens is 2. The Morgan fingerprint density at radius 2 is 1.79 bits per heavy atom. The van der Waals surface area contributed by atoms with Crippen LogP contribution >= 0.6 is 0 Å². The van der Waals surface area contributed by atoms with E-state index in [0.717, 1.165) is 29.9 Å². The first-order valence-electron chi connectivity index (χ1n) is 9.19. The van der Waals surface area contributed by atoms with Gasteiger partial charge in [-0.3, -0.25) is 4.72 Å². The zero-order chi connectivity index (χ0) is 19.8. The number of rotatable bonds is 6. The fourth-order valence-corrected chi connectivity index (χ4v) is 4.10. The van der Waals surface area contributed by atoms with E-state index in [2.05, 4.69) is 14.9 Å². The highest BCUT2D eigenvalue weighted by molar-refractivity contribution is 7.92. The maximum Gasteiger partial charge on any atom is 0.261 e. The molecule has 1 fully saturated rings. The molecule has 1 saturated carbocycles. The lowest BCUT2D eigenvalue weighted by molar-refractivity contribution is 0.432. The molecule has 1 aliphatic rings. The molecule has 5 rings (SSSR count). The summed E-state index contributed by atoms with van der Waals surface area (Å²) >= 11 is 0. The topological polar surface area (TPSA) is 98.2 Å². The number of benzene rings is 2. The summed E-state index contributed by atoms with van der Waals surface area (Å²) in [7, 11) is -3.74. The number of oxazole rings is 1. The number of anilines is 1. The van der Waals surface area contributed by atoms with Crippen molar-refractivity contribution >= 4 is 15.7 Å². The quantitative estimate of drug-likeness (QED) is 0.498. The molecule has 0 radical (unpaired) electrons. The first-order valence-corrected chi connectivity index (χ1v) is 10.7. The molecular weight excluding hydrogens is 390 g/mol. The van der Waals surface area contributed by atoms with Gasteiger partial charge in [-0.2, -0.15) is 0 Å². The van der Waals surface area contributed by atoms with Gasteiger partial charge in [0, 0.05) is 28.8 Å². The van der Waals surface area contributed by atoms with Crippen LogP contribution in [0, 0.1) is 0 Å². The lowest BCUT2D eigenvalue weighted by atomic mass is 10.1. The predicted molar refractivity (Wildman–Crippen MR) is 107 cm³/mol. The minimum absolute atomic E-state index is 0.160. The van der Waals surface area contributed by atoms with Crippen LogP contribution in [0.15, 0.2) is 80.8 Å². The Bertz CT molecular complexity index is 1240. The van der Waals surface area contributed by atoms with Crippen LogP contribution in [0.25, 0.3) is 22.6 Å². The van der Waals surface area contributed by atoms with Crippen LogP contribution in [0.4, 0.5) is 5.69 Å². The molecule has 29 heavy (non-hydrogen) atoms. The molecule has 8 heteroatoms. The van der Waals surface area contributed by atoms with Gasteiger partial charge in [0.25, 0.3) is 10.0 Å². The van der Waals surface area contributed by atoms with E-state index in [4.69, 9.17) is 8.94 Å². The van der Waals surface area contributed by atoms with Crippen LogP contribution in [0.2, 0.25) is 0 Å². The van der Waals surface area contributed by atoms with Crippen molar-refractivity contribution in [1.29, 1.82) is 0 Å². The number of hydrogen-bond donors (Lipinski definition) is 1. The van der Waals surface area contributed by atoms with E-state index in [1.165, 1.54) is 6.20 Å². The third-order valence-corrected chi connectivity index (χ3v) is 6.13. The number of sulfonamides is 1. The van der Waals surface area contributed by atoms with Gasteiger partial charge in [0.15, 0.2) is 17.4 Å². The van der Waals surface area contributed by atoms with Crippen LogP contribution in [-0.4, -0.2) is 18.6 Å². The number of nitrogens with zero attached hydrogens (tertiary/aromatic N) is 2. The second-order valence-corrected chi connectivity index (χ2v) is 8.61. The highest BCUT2D eigenvalue weighted by atomic mass is 32.2. The van der Waals surface area contributed by atoms with Crippen molar-refractivity contribution < 1.29 is 17.4 Å². The summed E-state index contributed by atoms with van der Waals surface area (Å²) in [6.07, 6.45) is 5.45. The minimum Gasteiger partial charge on any atom is -0.440 e. The molecule has 146 valence electrons. The molecule has 1 aliphatic carbocycles. The SMILES string of the molecule is O=S(=O)(Nc1cccc(-c2ccno2)c1)c1ccc(-c2cnc(C3CC3)o2)cc1. The van der Waals surface area contributed by atoms with Gasteiger partial charge >= 0.3 is 0 Å². The Balaban J connectivity index is 1.36. The van der Waals surface area contributed by atoms with Gasteiger partial charge in [-0.05, 0) is 49.2 Å². The van der Waals surface area contributed by atoms with Gasteiger partial charge in [0.2, 0.25) is 0 Å². The summed E-state index contributed by atoms with van der Waals surface area (Å²) < 4.78 is 39.0. The molecule has 0 amide bonds. The van der Waals surface area contributed by atoms with E-state index in [1.54, 1.807) is 54.7 Å². The van der Waals surface area contributed by atoms with Crippen molar-refractivity contribution in [3.05, 3.63) is 72.9 Å². The smallest absolute Gasteiger partial charge is 0.261 e. The van der Waals surface area contributed by atoms with Gasteiger partial charge in [-0.15, -0.1) is 0 Å². The van der Waals surface area contributed by atoms with E-state index in [9.17, 15) is 8.42 Å². The molecule has 0 unspecified atom stereocenters. The summed E-state index contributed by atoms with van der Waals surface area (Å²) in [6, 6.07) is 15.2. The normalized spacial score (nSPS) is 14.1. The van der Waals surface area contributed by atoms with E-state index in [-0.39, 0.29) is 4.90 Å². The van der Waals surface area contributed by atoms with Gasteiger partial charge in [0.1, 0.15) is 0 Å². The second kappa shape index (κ2) is 6.89. The molecule has 2 aromatic carbocycles. The Labute approximate surface area is 167 Å². The fraction of sp³-hybridized carbons (Fsp3) is 0.143. The highest BCUT2D eigenvalue weighted by Gasteiger charge is 2.28. The largest absolute Gasteiger partial charge is 0.440 e. The van der Waals surface area contributed by atoms with Crippen molar-refractivity contribution in [3.63, 3.8) is 0 Å². The van der Waals surface area contributed by atoms with Gasteiger partial charge in [0.05, 0.1) is 17.3 Å². The Morgan fingerprint density at radius 3 is 2.52 bits per heavy atom. The van der Waals surface area contributed by atoms with E-state index in [0.29, 0.717) is 23.1 Å². The first kappa shape index (κ1) is 17.7. The van der Waals surface area contributed by atoms with Gasteiger partial charge in [-0.25, -0.2) is 13.4 Å². The van der Waals surface area contributed by atoms with Gasteiger partial charge in [-0.1, -0.05) is 17.3 Å². The molecule has 2 heterocycles.